The maximum Gasteiger partial charge on any atom is 0.296 e. The van der Waals surface area contributed by atoms with Gasteiger partial charge in [-0.15, -0.1) is 0 Å². The van der Waals surface area contributed by atoms with Crippen LogP contribution in [0.3, 0.4) is 0 Å². The molecule has 0 atom stereocenters. The van der Waals surface area contributed by atoms with Gasteiger partial charge in [0.1, 0.15) is 5.67 Å². The average molecular weight is 494 g/mol. The van der Waals surface area contributed by atoms with Gasteiger partial charge in [0, 0.05) is 37.1 Å². The van der Waals surface area contributed by atoms with E-state index < -0.39 is 17.9 Å². The molecule has 2 aromatic carbocycles. The highest BCUT2D eigenvalue weighted by atomic mass is 19.3. The molecule has 1 aliphatic carbocycles. The van der Waals surface area contributed by atoms with Gasteiger partial charge in [-0.2, -0.15) is 10.4 Å². The largest absolute Gasteiger partial charge is 0.338 e. The van der Waals surface area contributed by atoms with Crippen molar-refractivity contribution >= 4 is 5.91 Å². The van der Waals surface area contributed by atoms with Gasteiger partial charge in [0.15, 0.2) is 11.6 Å². The van der Waals surface area contributed by atoms with Crippen molar-refractivity contribution < 1.29 is 18.0 Å². The number of hydrogen-bond donors (Lipinski definition) is 1. The summed E-state index contributed by atoms with van der Waals surface area (Å²) in [5.41, 5.74) is 2.21. The molecule has 1 saturated carbocycles. The monoisotopic (exact) mass is 493 g/mol. The molecule has 1 saturated heterocycles. The molecule has 0 spiro atoms. The Labute approximate surface area is 207 Å². The maximum atomic E-state index is 15.7. The molecule has 5 rings (SSSR count). The molecule has 0 bridgehead atoms. The molecule has 1 N–H and O–H groups in total. The van der Waals surface area contributed by atoms with Gasteiger partial charge >= 0.3 is 0 Å². The minimum absolute atomic E-state index is 0.148. The van der Waals surface area contributed by atoms with Crippen LogP contribution < -0.4 is 0 Å². The number of aromatic nitrogens is 3. The van der Waals surface area contributed by atoms with Gasteiger partial charge in [0.05, 0.1) is 11.6 Å². The van der Waals surface area contributed by atoms with Crippen molar-refractivity contribution in [3.8, 4) is 17.5 Å². The molecule has 9 heteroatoms. The molecule has 2 aliphatic rings. The fraction of sp³-hybridized carbons (Fsp3) is 0.407. The van der Waals surface area contributed by atoms with E-state index in [0.717, 1.165) is 30.4 Å². The van der Waals surface area contributed by atoms with Crippen LogP contribution in [0.1, 0.15) is 82.9 Å². The number of likely N-dealkylation sites (tertiary alicyclic amines) is 1. The standard InChI is InChI=1S/C27H26F3N5O/c1-16-13-21(18-3-2-4-18)22(24-32-25(23(28)29)34-33-24)14-20(16)26(36)35-11-9-27(30,10-12-35)19-7-5-17(15-31)6-8-19/h5-8,13-14,18,23H,2-4,9-12H2,1H3,(H,32,33,34). The lowest BCUT2D eigenvalue weighted by Gasteiger charge is -2.37. The number of piperidine rings is 1. The van der Waals surface area contributed by atoms with Crippen molar-refractivity contribution in [2.24, 2.45) is 0 Å². The van der Waals surface area contributed by atoms with Crippen LogP contribution in [0, 0.1) is 18.3 Å². The van der Waals surface area contributed by atoms with E-state index in [0.29, 0.717) is 22.3 Å². The highest BCUT2D eigenvalue weighted by Gasteiger charge is 2.38. The van der Waals surface area contributed by atoms with Crippen molar-refractivity contribution in [1.82, 2.24) is 20.1 Å². The lowest BCUT2D eigenvalue weighted by atomic mass is 9.77. The summed E-state index contributed by atoms with van der Waals surface area (Å²) in [6.45, 7) is 2.34. The molecular weight excluding hydrogens is 467 g/mol. The van der Waals surface area contributed by atoms with Gasteiger partial charge in [-0.1, -0.05) is 24.6 Å². The van der Waals surface area contributed by atoms with E-state index in [1.807, 2.05) is 19.1 Å². The summed E-state index contributed by atoms with van der Waals surface area (Å²) in [6, 6.07) is 12.2. The lowest BCUT2D eigenvalue weighted by molar-refractivity contribution is 0.0421. The van der Waals surface area contributed by atoms with Crippen molar-refractivity contribution in [2.75, 3.05) is 13.1 Å². The summed E-state index contributed by atoms with van der Waals surface area (Å²) in [5.74, 6) is -0.286. The Hall–Kier alpha value is -3.67. The normalized spacial score (nSPS) is 17.6. The lowest BCUT2D eigenvalue weighted by Crippen LogP contribution is -2.43. The number of benzene rings is 2. The Morgan fingerprint density at radius 2 is 1.89 bits per heavy atom. The molecule has 186 valence electrons. The number of carbonyl (C=O) groups excluding carboxylic acids is 1. The fourth-order valence-corrected chi connectivity index (χ4v) is 5.07. The van der Waals surface area contributed by atoms with Gasteiger partial charge < -0.3 is 4.90 Å². The van der Waals surface area contributed by atoms with E-state index in [1.54, 1.807) is 35.2 Å². The number of nitrogens with one attached hydrogen (secondary N) is 1. The number of halogens is 3. The number of rotatable bonds is 5. The van der Waals surface area contributed by atoms with Crippen LogP contribution in [0.5, 0.6) is 0 Å². The summed E-state index contributed by atoms with van der Waals surface area (Å²) < 4.78 is 42.0. The van der Waals surface area contributed by atoms with Crippen molar-refractivity contribution in [3.05, 3.63) is 70.0 Å². The van der Waals surface area contributed by atoms with E-state index in [9.17, 15) is 13.6 Å². The number of nitriles is 1. The SMILES string of the molecule is Cc1cc(C2CCC2)c(-c2n[nH]c(C(F)F)n2)cc1C(=O)N1CCC(F)(c2ccc(C#N)cc2)CC1. The molecular formula is C27H26F3N5O. The maximum absolute atomic E-state index is 15.7. The molecule has 2 fully saturated rings. The zero-order valence-electron chi connectivity index (χ0n) is 19.9. The summed E-state index contributed by atoms with van der Waals surface area (Å²) in [6.07, 6.45) is 0.608. The minimum atomic E-state index is -2.77. The van der Waals surface area contributed by atoms with Crippen molar-refractivity contribution in [3.63, 3.8) is 0 Å². The third-order valence-corrected chi connectivity index (χ3v) is 7.50. The Balaban J connectivity index is 1.40. The van der Waals surface area contributed by atoms with Crippen LogP contribution in [0.25, 0.3) is 11.4 Å². The Bertz CT molecular complexity index is 1320. The van der Waals surface area contributed by atoms with Crippen molar-refractivity contribution in [1.29, 1.82) is 5.26 Å². The van der Waals surface area contributed by atoms with Crippen LogP contribution in [-0.2, 0) is 5.67 Å². The van der Waals surface area contributed by atoms with Crippen LogP contribution in [0.4, 0.5) is 13.2 Å². The molecule has 1 amide bonds. The van der Waals surface area contributed by atoms with Gasteiger partial charge in [-0.05, 0) is 60.6 Å². The predicted molar refractivity (Wildman–Crippen MR) is 127 cm³/mol. The minimum Gasteiger partial charge on any atom is -0.338 e. The number of H-pyrrole nitrogens is 1. The van der Waals surface area contributed by atoms with Gasteiger partial charge in [-0.25, -0.2) is 18.2 Å². The number of carbonyl (C=O) groups is 1. The first-order chi connectivity index (χ1) is 17.3. The topological polar surface area (TPSA) is 85.7 Å². The van der Waals surface area contributed by atoms with Crippen LogP contribution in [0.2, 0.25) is 0 Å². The highest BCUT2D eigenvalue weighted by molar-refractivity contribution is 5.97. The van der Waals surface area contributed by atoms with Gasteiger partial charge in [-0.3, -0.25) is 9.89 Å². The first-order valence-electron chi connectivity index (χ1n) is 12.1. The van der Waals surface area contributed by atoms with Crippen LogP contribution in [0.15, 0.2) is 36.4 Å². The van der Waals surface area contributed by atoms with E-state index in [2.05, 4.69) is 15.2 Å². The summed E-state index contributed by atoms with van der Waals surface area (Å²) in [5, 5.41) is 15.3. The number of amides is 1. The number of hydrogen-bond acceptors (Lipinski definition) is 4. The molecule has 0 radical (unpaired) electrons. The zero-order valence-corrected chi connectivity index (χ0v) is 19.9. The van der Waals surface area contributed by atoms with Crippen LogP contribution >= 0.6 is 0 Å². The van der Waals surface area contributed by atoms with Crippen molar-refractivity contribution in [2.45, 2.75) is 57.0 Å². The summed E-state index contributed by atoms with van der Waals surface area (Å²) in [4.78, 5) is 19.1. The average Bonchev–Trinajstić information content (AvgIpc) is 3.34. The Morgan fingerprint density at radius 1 is 1.19 bits per heavy atom. The first kappa shape index (κ1) is 24.0. The molecule has 6 nitrogen and oxygen atoms in total. The summed E-state index contributed by atoms with van der Waals surface area (Å²) in [7, 11) is 0. The zero-order chi connectivity index (χ0) is 25.4. The second-order valence-electron chi connectivity index (χ2n) is 9.67. The van der Waals surface area contributed by atoms with E-state index in [4.69, 9.17) is 5.26 Å². The molecule has 0 unspecified atom stereocenters. The Morgan fingerprint density at radius 3 is 2.44 bits per heavy atom. The molecule has 2 heterocycles. The smallest absolute Gasteiger partial charge is 0.296 e. The fourth-order valence-electron chi connectivity index (χ4n) is 5.07. The molecule has 1 aromatic heterocycles. The van der Waals surface area contributed by atoms with Gasteiger partial charge in [0.2, 0.25) is 0 Å². The molecule has 36 heavy (non-hydrogen) atoms. The Kier molecular flexibility index (Phi) is 6.29. The molecule has 1 aliphatic heterocycles. The number of nitrogens with zero attached hydrogens (tertiary/aromatic N) is 4. The number of aromatic amines is 1. The number of aryl methyl sites for hydroxylation is 1. The summed E-state index contributed by atoms with van der Waals surface area (Å²) >= 11 is 0. The second kappa shape index (κ2) is 9.41. The first-order valence-corrected chi connectivity index (χ1v) is 12.1. The quantitative estimate of drug-likeness (QED) is 0.475. The number of alkyl halides is 3. The van der Waals surface area contributed by atoms with Crippen LogP contribution in [-0.4, -0.2) is 39.1 Å². The third kappa shape index (κ3) is 4.36. The third-order valence-electron chi connectivity index (χ3n) is 7.50. The van der Waals surface area contributed by atoms with Gasteiger partial charge in [0.25, 0.3) is 12.3 Å². The molecule has 3 aromatic rings. The van der Waals surface area contributed by atoms with E-state index in [1.165, 1.54) is 0 Å². The second-order valence-corrected chi connectivity index (χ2v) is 9.67. The van der Waals surface area contributed by atoms with E-state index >= 15 is 4.39 Å². The highest BCUT2D eigenvalue weighted by Crippen LogP contribution is 2.42. The predicted octanol–water partition coefficient (Wildman–Crippen LogP) is 5.96. The van der Waals surface area contributed by atoms with E-state index in [-0.39, 0.29) is 43.6 Å².